The molecule has 0 aliphatic heterocycles. The van der Waals surface area contributed by atoms with Crippen LogP contribution in [0.1, 0.15) is 51.5 Å². The lowest BCUT2D eigenvalue weighted by Crippen LogP contribution is -2.44. The predicted octanol–water partition coefficient (Wildman–Crippen LogP) is 3.08. The first-order valence-electron chi connectivity index (χ1n) is 9.08. The van der Waals surface area contributed by atoms with Gasteiger partial charge in [0.2, 0.25) is 5.91 Å². The molecule has 0 atom stereocenters. The Morgan fingerprint density at radius 2 is 1.88 bits per heavy atom. The minimum atomic E-state index is -0.0450. The molecule has 0 bridgehead atoms. The van der Waals surface area contributed by atoms with E-state index in [1.807, 2.05) is 24.3 Å². The van der Waals surface area contributed by atoms with Crippen LogP contribution >= 0.6 is 0 Å². The fourth-order valence-corrected chi connectivity index (χ4v) is 3.02. The molecule has 1 fully saturated rings. The number of hydrogen-bond acceptors (Lipinski definition) is 2. The van der Waals surface area contributed by atoms with Gasteiger partial charge in [0.15, 0.2) is 5.96 Å². The smallest absolute Gasteiger partial charge is 0.221 e. The van der Waals surface area contributed by atoms with Gasteiger partial charge >= 0.3 is 0 Å². The predicted molar refractivity (Wildman–Crippen MR) is 100 cm³/mol. The minimum Gasteiger partial charge on any atom is -0.357 e. The van der Waals surface area contributed by atoms with Crippen molar-refractivity contribution in [3.05, 3.63) is 29.8 Å². The fraction of sp³-hybridized carbons (Fsp3) is 0.579. The van der Waals surface area contributed by atoms with Crippen molar-refractivity contribution in [2.75, 3.05) is 18.4 Å². The molecule has 2 rings (SSSR count). The topological polar surface area (TPSA) is 65.5 Å². The first-order chi connectivity index (χ1) is 11.7. The van der Waals surface area contributed by atoms with Crippen molar-refractivity contribution in [3.8, 4) is 0 Å². The van der Waals surface area contributed by atoms with Crippen molar-refractivity contribution in [2.24, 2.45) is 4.99 Å². The number of carbonyl (C=O) groups is 1. The van der Waals surface area contributed by atoms with Gasteiger partial charge in [0.1, 0.15) is 0 Å². The number of hydrogen-bond donors (Lipinski definition) is 3. The largest absolute Gasteiger partial charge is 0.357 e. The van der Waals surface area contributed by atoms with E-state index in [0.29, 0.717) is 6.04 Å². The molecule has 0 aromatic heterocycles. The zero-order chi connectivity index (χ0) is 17.2. The average molecular weight is 330 g/mol. The SMILES string of the molecule is CCNC(=NCCc1ccc(NC(C)=O)cc1)NC1CCCCC1. The highest BCUT2D eigenvalue weighted by Gasteiger charge is 2.14. The highest BCUT2D eigenvalue weighted by Crippen LogP contribution is 2.17. The quantitative estimate of drug-likeness (QED) is 0.555. The summed E-state index contributed by atoms with van der Waals surface area (Å²) in [4.78, 5) is 15.7. The highest BCUT2D eigenvalue weighted by molar-refractivity contribution is 5.88. The van der Waals surface area contributed by atoms with Gasteiger partial charge < -0.3 is 16.0 Å². The molecule has 3 N–H and O–H groups in total. The molecule has 1 aliphatic carbocycles. The Labute approximate surface area is 145 Å². The summed E-state index contributed by atoms with van der Waals surface area (Å²) in [5, 5.41) is 9.69. The van der Waals surface area contributed by atoms with Crippen LogP contribution in [-0.2, 0) is 11.2 Å². The molecule has 24 heavy (non-hydrogen) atoms. The van der Waals surface area contributed by atoms with E-state index in [2.05, 4.69) is 22.9 Å². The van der Waals surface area contributed by atoms with Crippen LogP contribution < -0.4 is 16.0 Å². The second kappa shape index (κ2) is 9.96. The Hall–Kier alpha value is -2.04. The van der Waals surface area contributed by atoms with E-state index in [0.717, 1.165) is 31.2 Å². The number of nitrogens with zero attached hydrogens (tertiary/aromatic N) is 1. The van der Waals surface area contributed by atoms with Gasteiger partial charge in [-0.15, -0.1) is 0 Å². The second-order valence-electron chi connectivity index (χ2n) is 6.37. The van der Waals surface area contributed by atoms with Crippen molar-refractivity contribution in [3.63, 3.8) is 0 Å². The number of amides is 1. The normalized spacial score (nSPS) is 15.8. The Balaban J connectivity index is 1.83. The number of benzene rings is 1. The molecule has 132 valence electrons. The minimum absolute atomic E-state index is 0.0450. The molecule has 1 aromatic carbocycles. The average Bonchev–Trinajstić information content (AvgIpc) is 2.57. The lowest BCUT2D eigenvalue weighted by Gasteiger charge is -2.24. The molecule has 0 unspecified atom stereocenters. The van der Waals surface area contributed by atoms with Crippen molar-refractivity contribution >= 4 is 17.6 Å². The van der Waals surface area contributed by atoms with E-state index >= 15 is 0 Å². The van der Waals surface area contributed by atoms with Gasteiger partial charge in [0, 0.05) is 31.7 Å². The van der Waals surface area contributed by atoms with Crippen molar-refractivity contribution in [2.45, 2.75) is 58.4 Å². The molecular formula is C19H30N4O. The van der Waals surface area contributed by atoms with Gasteiger partial charge in [-0.25, -0.2) is 0 Å². The molecule has 1 aromatic rings. The monoisotopic (exact) mass is 330 g/mol. The first-order valence-corrected chi connectivity index (χ1v) is 9.08. The molecule has 5 nitrogen and oxygen atoms in total. The van der Waals surface area contributed by atoms with E-state index in [1.165, 1.54) is 44.6 Å². The molecular weight excluding hydrogens is 300 g/mol. The van der Waals surface area contributed by atoms with Gasteiger partial charge in [0.05, 0.1) is 0 Å². The van der Waals surface area contributed by atoms with E-state index in [4.69, 9.17) is 4.99 Å². The van der Waals surface area contributed by atoms with Crippen LogP contribution in [0.15, 0.2) is 29.3 Å². The van der Waals surface area contributed by atoms with Gasteiger partial charge in [-0.2, -0.15) is 0 Å². The van der Waals surface area contributed by atoms with Crippen molar-refractivity contribution in [1.82, 2.24) is 10.6 Å². The van der Waals surface area contributed by atoms with E-state index < -0.39 is 0 Å². The van der Waals surface area contributed by atoms with Crippen LogP contribution in [0.2, 0.25) is 0 Å². The zero-order valence-electron chi connectivity index (χ0n) is 14.9. The Kier molecular flexibility index (Phi) is 7.59. The van der Waals surface area contributed by atoms with E-state index in [1.54, 1.807) is 0 Å². The van der Waals surface area contributed by atoms with Gasteiger partial charge in [-0.3, -0.25) is 9.79 Å². The maximum absolute atomic E-state index is 11.0. The van der Waals surface area contributed by atoms with Crippen LogP contribution in [0.3, 0.4) is 0 Å². The van der Waals surface area contributed by atoms with Crippen molar-refractivity contribution in [1.29, 1.82) is 0 Å². The number of aliphatic imine (C=N–C) groups is 1. The number of nitrogens with one attached hydrogen (secondary N) is 3. The third-order valence-electron chi connectivity index (χ3n) is 4.23. The fourth-order valence-electron chi connectivity index (χ4n) is 3.02. The van der Waals surface area contributed by atoms with E-state index in [-0.39, 0.29) is 5.91 Å². The van der Waals surface area contributed by atoms with Gasteiger partial charge in [0.25, 0.3) is 0 Å². The second-order valence-corrected chi connectivity index (χ2v) is 6.37. The summed E-state index contributed by atoms with van der Waals surface area (Å²) >= 11 is 0. The maximum atomic E-state index is 11.0. The summed E-state index contributed by atoms with van der Waals surface area (Å²) in [5.41, 5.74) is 2.06. The summed E-state index contributed by atoms with van der Waals surface area (Å²) < 4.78 is 0. The lowest BCUT2D eigenvalue weighted by molar-refractivity contribution is -0.114. The van der Waals surface area contributed by atoms with Crippen LogP contribution in [0.25, 0.3) is 0 Å². The third kappa shape index (κ3) is 6.60. The highest BCUT2D eigenvalue weighted by atomic mass is 16.1. The summed E-state index contributed by atoms with van der Waals surface area (Å²) in [6, 6.07) is 8.52. The molecule has 0 spiro atoms. The maximum Gasteiger partial charge on any atom is 0.221 e. The van der Waals surface area contributed by atoms with Gasteiger partial charge in [-0.1, -0.05) is 31.4 Å². The summed E-state index contributed by atoms with van der Waals surface area (Å²) in [7, 11) is 0. The van der Waals surface area contributed by atoms with Crippen LogP contribution in [-0.4, -0.2) is 31.0 Å². The zero-order valence-corrected chi connectivity index (χ0v) is 14.9. The molecule has 1 aliphatic rings. The number of guanidine groups is 1. The molecule has 1 amide bonds. The third-order valence-corrected chi connectivity index (χ3v) is 4.23. The van der Waals surface area contributed by atoms with Crippen LogP contribution in [0.4, 0.5) is 5.69 Å². The molecule has 1 saturated carbocycles. The molecule has 5 heteroatoms. The van der Waals surface area contributed by atoms with Crippen LogP contribution in [0.5, 0.6) is 0 Å². The number of anilines is 1. The first kappa shape index (κ1) is 18.3. The Morgan fingerprint density at radius 1 is 1.17 bits per heavy atom. The standard InChI is InChI=1S/C19H30N4O/c1-3-20-19(23-17-7-5-4-6-8-17)21-14-13-16-9-11-18(12-10-16)22-15(2)24/h9-12,17H,3-8,13-14H2,1-2H3,(H,22,24)(H2,20,21,23). The van der Waals surface area contributed by atoms with E-state index in [9.17, 15) is 4.79 Å². The molecule has 0 heterocycles. The van der Waals surface area contributed by atoms with Gasteiger partial charge in [-0.05, 0) is 43.9 Å². The van der Waals surface area contributed by atoms with Crippen LogP contribution in [0, 0.1) is 0 Å². The Bertz CT molecular complexity index is 533. The lowest BCUT2D eigenvalue weighted by atomic mass is 9.96. The molecule has 0 saturated heterocycles. The van der Waals surface area contributed by atoms with Crippen molar-refractivity contribution < 1.29 is 4.79 Å². The summed E-state index contributed by atoms with van der Waals surface area (Å²) in [5.74, 6) is 0.885. The Morgan fingerprint density at radius 3 is 2.50 bits per heavy atom. The number of rotatable bonds is 6. The summed E-state index contributed by atoms with van der Waals surface area (Å²) in [6.45, 7) is 5.24. The number of carbonyl (C=O) groups excluding carboxylic acids is 1. The summed E-state index contributed by atoms with van der Waals surface area (Å²) in [6.07, 6.45) is 7.38. The molecule has 0 radical (unpaired) electrons.